The van der Waals surface area contributed by atoms with E-state index in [9.17, 15) is 27.9 Å². The number of ether oxygens (including phenoxy) is 1. The van der Waals surface area contributed by atoms with Crippen LogP contribution in [0.15, 0.2) is 59.1 Å². The topological polar surface area (TPSA) is 168 Å². The van der Waals surface area contributed by atoms with Crippen LogP contribution >= 0.6 is 0 Å². The fourth-order valence-corrected chi connectivity index (χ4v) is 6.45. The van der Waals surface area contributed by atoms with Crippen LogP contribution in [0, 0.1) is 6.92 Å². The molecule has 0 spiro atoms. The number of benzene rings is 2. The molecule has 2 heterocycles. The minimum atomic E-state index is -4.44. The molecule has 1 aromatic heterocycles. The van der Waals surface area contributed by atoms with Gasteiger partial charge in [0.1, 0.15) is 17.5 Å². The van der Waals surface area contributed by atoms with E-state index in [1.165, 1.54) is 0 Å². The maximum absolute atomic E-state index is 13.0. The number of carbonyl (C=O) groups excluding carboxylic acids is 2. The number of sulfonamides is 1. The molecule has 12 nitrogen and oxygen atoms in total. The van der Waals surface area contributed by atoms with Crippen molar-refractivity contribution in [2.24, 2.45) is 0 Å². The molecule has 2 amide bonds. The highest BCUT2D eigenvalue weighted by Gasteiger charge is 2.54. The first-order chi connectivity index (χ1) is 21.2. The lowest BCUT2D eigenvalue weighted by atomic mass is 9.92. The lowest BCUT2D eigenvalue weighted by Crippen LogP contribution is -2.51. The average molecular weight is 639 g/mol. The Balaban J connectivity index is 1.19. The van der Waals surface area contributed by atoms with Crippen molar-refractivity contribution in [3.05, 3.63) is 77.2 Å². The number of piperidine rings is 1. The van der Waals surface area contributed by atoms with Crippen molar-refractivity contribution in [3.8, 4) is 0 Å². The van der Waals surface area contributed by atoms with Crippen LogP contribution in [-0.2, 0) is 29.8 Å². The number of carboxylic acids is 1. The Morgan fingerprint density at radius 3 is 2.27 bits per heavy atom. The predicted octanol–water partition coefficient (Wildman–Crippen LogP) is 5.02. The van der Waals surface area contributed by atoms with Gasteiger partial charge in [-0.2, -0.15) is 0 Å². The first-order valence-electron chi connectivity index (χ1n) is 14.9. The van der Waals surface area contributed by atoms with Gasteiger partial charge in [0.05, 0.1) is 5.41 Å². The number of anilines is 2. The summed E-state index contributed by atoms with van der Waals surface area (Å²) in [6, 6.07) is 16.9. The quantitative estimate of drug-likeness (QED) is 0.274. The Kier molecular flexibility index (Phi) is 8.67. The van der Waals surface area contributed by atoms with Crippen LogP contribution in [0.5, 0.6) is 0 Å². The van der Waals surface area contributed by atoms with Crippen molar-refractivity contribution in [1.29, 1.82) is 0 Å². The number of amides is 2. The fraction of sp³-hybridized carbons (Fsp3) is 0.438. The van der Waals surface area contributed by atoms with Crippen molar-refractivity contribution in [2.75, 3.05) is 23.3 Å². The Hall–Kier alpha value is -4.39. The standard InChI is InChI=1S/C32H38N4O8S/c1-20-26(33-30(40)43-21(2)22-8-6-5-7-9-22)27(44-34-20)23-14-18-36(19-15-23)25-12-10-24(11-13-25)32(16-17-32)28(37)35-45(41,42)31(3,4)29(38)39/h5-13,21,23H,14-19H2,1-4H3,(H,33,40)(H,35,37)(H,38,39)/t21-/m1/s1. The van der Waals surface area contributed by atoms with E-state index < -0.39 is 44.3 Å². The molecule has 3 N–H and O–H groups in total. The van der Waals surface area contributed by atoms with Gasteiger partial charge in [-0.25, -0.2) is 13.2 Å². The Morgan fingerprint density at radius 1 is 1.07 bits per heavy atom. The number of hydrogen-bond donors (Lipinski definition) is 3. The van der Waals surface area contributed by atoms with E-state index in [1.807, 2.05) is 66.2 Å². The Labute approximate surface area is 262 Å². The Bertz CT molecular complexity index is 1670. The minimum Gasteiger partial charge on any atom is -0.480 e. The molecule has 0 unspecified atom stereocenters. The number of nitrogens with one attached hydrogen (secondary N) is 2. The zero-order chi connectivity index (χ0) is 32.6. The van der Waals surface area contributed by atoms with Crippen LogP contribution in [-0.4, -0.2) is 54.5 Å². The number of rotatable bonds is 10. The highest BCUT2D eigenvalue weighted by Crippen LogP contribution is 2.49. The predicted molar refractivity (Wildman–Crippen MR) is 167 cm³/mol. The number of aromatic nitrogens is 1. The van der Waals surface area contributed by atoms with E-state index in [0.717, 1.165) is 37.9 Å². The van der Waals surface area contributed by atoms with Crippen LogP contribution in [0.4, 0.5) is 16.2 Å². The van der Waals surface area contributed by atoms with Gasteiger partial charge in [-0.1, -0.05) is 47.6 Å². The SMILES string of the molecule is Cc1noc(C2CCN(c3ccc(C4(C(=O)NS(=O)(=O)C(C)(C)C(=O)O)CC4)cc3)CC2)c1NC(=O)O[C@H](C)c1ccccc1. The molecular weight excluding hydrogens is 600 g/mol. The summed E-state index contributed by atoms with van der Waals surface area (Å²) in [4.78, 5) is 39.4. The minimum absolute atomic E-state index is 0.0407. The molecule has 13 heteroatoms. The highest BCUT2D eigenvalue weighted by atomic mass is 32.2. The molecule has 2 aliphatic rings. The summed E-state index contributed by atoms with van der Waals surface area (Å²) in [5.41, 5.74) is 2.64. The van der Waals surface area contributed by atoms with Gasteiger partial charge < -0.3 is 19.3 Å². The molecule has 0 radical (unpaired) electrons. The lowest BCUT2D eigenvalue weighted by molar-refractivity contribution is -0.139. The zero-order valence-corrected chi connectivity index (χ0v) is 26.5. The molecule has 1 atom stereocenters. The number of carboxylic acid groups (broad SMARTS) is 1. The van der Waals surface area contributed by atoms with Gasteiger partial charge in [0.25, 0.3) is 10.0 Å². The van der Waals surface area contributed by atoms with Gasteiger partial charge in [-0.15, -0.1) is 0 Å². The van der Waals surface area contributed by atoms with Crippen molar-refractivity contribution >= 4 is 39.4 Å². The monoisotopic (exact) mass is 638 g/mol. The normalized spacial score (nSPS) is 17.3. The van der Waals surface area contributed by atoms with Gasteiger partial charge in [0.2, 0.25) is 5.91 Å². The smallest absolute Gasteiger partial charge is 0.412 e. The maximum Gasteiger partial charge on any atom is 0.412 e. The summed E-state index contributed by atoms with van der Waals surface area (Å²) >= 11 is 0. The fourth-order valence-electron chi connectivity index (χ4n) is 5.53. The molecule has 0 bridgehead atoms. The van der Waals surface area contributed by atoms with Crippen LogP contribution in [0.25, 0.3) is 0 Å². The molecule has 1 saturated heterocycles. The van der Waals surface area contributed by atoms with Gasteiger partial charge >= 0.3 is 12.1 Å². The molecule has 2 fully saturated rings. The second kappa shape index (κ2) is 12.2. The number of carbonyl (C=O) groups is 3. The molecular formula is C32H38N4O8S. The molecule has 1 aliphatic carbocycles. The van der Waals surface area contributed by atoms with Gasteiger partial charge in [0.15, 0.2) is 10.5 Å². The summed E-state index contributed by atoms with van der Waals surface area (Å²) in [5.74, 6) is -1.59. The number of aliphatic carboxylic acids is 1. The molecule has 45 heavy (non-hydrogen) atoms. The molecule has 240 valence electrons. The van der Waals surface area contributed by atoms with E-state index in [1.54, 1.807) is 6.92 Å². The van der Waals surface area contributed by atoms with E-state index >= 15 is 0 Å². The molecule has 1 aliphatic heterocycles. The summed E-state index contributed by atoms with van der Waals surface area (Å²) in [6.07, 6.45) is 1.44. The third-order valence-corrected chi connectivity index (χ3v) is 10.9. The van der Waals surface area contributed by atoms with E-state index in [4.69, 9.17) is 9.26 Å². The van der Waals surface area contributed by atoms with Crippen molar-refractivity contribution in [1.82, 2.24) is 9.88 Å². The van der Waals surface area contributed by atoms with E-state index in [0.29, 0.717) is 48.6 Å². The van der Waals surface area contributed by atoms with Gasteiger partial charge in [-0.05, 0) is 76.6 Å². The van der Waals surface area contributed by atoms with Crippen molar-refractivity contribution in [3.63, 3.8) is 0 Å². The first-order valence-corrected chi connectivity index (χ1v) is 16.4. The average Bonchev–Trinajstić information content (AvgIpc) is 3.76. The molecule has 2 aromatic carbocycles. The maximum atomic E-state index is 13.0. The van der Waals surface area contributed by atoms with Crippen LogP contribution in [0.3, 0.4) is 0 Å². The summed E-state index contributed by atoms with van der Waals surface area (Å²) in [6.45, 7) is 7.11. The van der Waals surface area contributed by atoms with Gasteiger partial charge in [0, 0.05) is 24.7 Å². The van der Waals surface area contributed by atoms with Crippen LogP contribution in [0.2, 0.25) is 0 Å². The number of hydrogen-bond acceptors (Lipinski definition) is 9. The largest absolute Gasteiger partial charge is 0.480 e. The molecule has 1 saturated carbocycles. The highest BCUT2D eigenvalue weighted by molar-refractivity contribution is 7.92. The Morgan fingerprint density at radius 2 is 1.69 bits per heavy atom. The first kappa shape index (κ1) is 32.0. The van der Waals surface area contributed by atoms with Crippen molar-refractivity contribution < 1.29 is 37.2 Å². The van der Waals surface area contributed by atoms with Crippen LogP contribution in [0.1, 0.15) is 81.1 Å². The van der Waals surface area contributed by atoms with Gasteiger partial charge in [-0.3, -0.25) is 19.6 Å². The summed E-state index contributed by atoms with van der Waals surface area (Å²) in [7, 11) is -4.44. The molecule has 3 aromatic rings. The zero-order valence-electron chi connectivity index (χ0n) is 25.7. The summed E-state index contributed by atoms with van der Waals surface area (Å²) in [5, 5.41) is 16.2. The number of nitrogens with zero attached hydrogens (tertiary/aromatic N) is 2. The third kappa shape index (κ3) is 6.39. The lowest BCUT2D eigenvalue weighted by Gasteiger charge is -2.33. The summed E-state index contributed by atoms with van der Waals surface area (Å²) < 4.78 is 36.3. The third-order valence-electron chi connectivity index (χ3n) is 8.92. The second-order valence-corrected chi connectivity index (χ2v) is 14.5. The van der Waals surface area contributed by atoms with Crippen LogP contribution < -0.4 is 14.9 Å². The molecule has 5 rings (SSSR count). The van der Waals surface area contributed by atoms with E-state index in [-0.39, 0.29) is 5.92 Å². The number of aryl methyl sites for hydroxylation is 1. The van der Waals surface area contributed by atoms with E-state index in [2.05, 4.69) is 15.4 Å². The second-order valence-electron chi connectivity index (χ2n) is 12.2. The van der Waals surface area contributed by atoms with Crippen molar-refractivity contribution in [2.45, 2.75) is 75.6 Å².